The van der Waals surface area contributed by atoms with Gasteiger partial charge in [0.15, 0.2) is 5.78 Å². The number of hydrogen-bond acceptors (Lipinski definition) is 3. The summed E-state index contributed by atoms with van der Waals surface area (Å²) in [6.45, 7) is 6.40. The third-order valence-corrected chi connectivity index (χ3v) is 3.31. The molecule has 3 nitrogen and oxygen atoms in total. The fourth-order valence-electron chi connectivity index (χ4n) is 1.96. The lowest BCUT2D eigenvalue weighted by molar-refractivity contribution is -0.140. The second kappa shape index (κ2) is 7.22. The van der Waals surface area contributed by atoms with Gasteiger partial charge in [-0.2, -0.15) is 0 Å². The summed E-state index contributed by atoms with van der Waals surface area (Å²) in [4.78, 5) is 23.1. The maximum Gasteiger partial charge on any atom is 0.305 e. The van der Waals surface area contributed by atoms with Gasteiger partial charge in [0.2, 0.25) is 0 Å². The molecule has 1 aromatic carbocycles. The van der Waals surface area contributed by atoms with Crippen molar-refractivity contribution < 1.29 is 14.3 Å². The molecule has 3 heteroatoms. The van der Waals surface area contributed by atoms with E-state index < -0.39 is 0 Å². The fourth-order valence-corrected chi connectivity index (χ4v) is 1.96. The lowest BCUT2D eigenvalue weighted by Gasteiger charge is -2.19. The van der Waals surface area contributed by atoms with Crippen molar-refractivity contribution in [1.29, 1.82) is 0 Å². The largest absolute Gasteiger partial charge is 0.469 e. The lowest BCUT2D eigenvalue weighted by Crippen LogP contribution is -2.12. The van der Waals surface area contributed by atoms with E-state index in [-0.39, 0.29) is 17.2 Å². The molecule has 0 radical (unpaired) electrons. The van der Waals surface area contributed by atoms with E-state index in [4.69, 9.17) is 0 Å². The molecule has 0 amide bonds. The highest BCUT2D eigenvalue weighted by Crippen LogP contribution is 2.23. The molecule has 0 fully saturated rings. The average molecular weight is 276 g/mol. The van der Waals surface area contributed by atoms with Crippen molar-refractivity contribution in [2.75, 3.05) is 7.11 Å². The molecule has 0 spiro atoms. The van der Waals surface area contributed by atoms with E-state index in [0.29, 0.717) is 25.7 Å². The normalized spacial score (nSPS) is 11.2. The molecule has 0 heterocycles. The summed E-state index contributed by atoms with van der Waals surface area (Å²) in [6, 6.07) is 7.82. The Bertz CT molecular complexity index is 469. The molecule has 0 aliphatic rings. The van der Waals surface area contributed by atoms with E-state index in [0.717, 1.165) is 11.1 Å². The van der Waals surface area contributed by atoms with Crippen molar-refractivity contribution in [1.82, 2.24) is 0 Å². The molecule has 1 rings (SSSR count). The Balaban J connectivity index is 2.54. The number of benzene rings is 1. The standard InChI is InChI=1S/C17H24O3/c1-17(2,3)14-9-7-8-13(12-14)15(18)10-5-6-11-16(19)20-4/h7-9,12H,5-6,10-11H2,1-4H3. The minimum absolute atomic E-state index is 0.0428. The quantitative estimate of drug-likeness (QED) is 0.449. The van der Waals surface area contributed by atoms with Crippen LogP contribution >= 0.6 is 0 Å². The van der Waals surface area contributed by atoms with Crippen LogP contribution in [-0.4, -0.2) is 18.9 Å². The summed E-state index contributed by atoms with van der Waals surface area (Å²) < 4.78 is 4.57. The van der Waals surface area contributed by atoms with E-state index in [9.17, 15) is 9.59 Å². The first kappa shape index (κ1) is 16.4. The summed E-state index contributed by atoms with van der Waals surface area (Å²) in [5, 5.41) is 0. The molecular weight excluding hydrogens is 252 g/mol. The minimum atomic E-state index is -0.216. The molecule has 0 aliphatic heterocycles. The second-order valence-electron chi connectivity index (χ2n) is 6.04. The van der Waals surface area contributed by atoms with Crippen LogP contribution in [0.25, 0.3) is 0 Å². The van der Waals surface area contributed by atoms with Crippen molar-refractivity contribution in [2.45, 2.75) is 51.9 Å². The molecule has 0 unspecified atom stereocenters. The van der Waals surface area contributed by atoms with Gasteiger partial charge < -0.3 is 4.74 Å². The third kappa shape index (κ3) is 5.16. The Labute approximate surface area is 121 Å². The maximum atomic E-state index is 12.1. The highest BCUT2D eigenvalue weighted by molar-refractivity contribution is 5.96. The summed E-state index contributed by atoms with van der Waals surface area (Å²) in [7, 11) is 1.38. The first-order chi connectivity index (χ1) is 9.34. The van der Waals surface area contributed by atoms with E-state index in [1.807, 2.05) is 24.3 Å². The Hall–Kier alpha value is -1.64. The Morgan fingerprint density at radius 2 is 1.75 bits per heavy atom. The van der Waals surface area contributed by atoms with E-state index in [1.165, 1.54) is 7.11 Å². The van der Waals surface area contributed by atoms with Gasteiger partial charge in [-0.05, 0) is 29.9 Å². The summed E-state index contributed by atoms with van der Waals surface area (Å²) in [5.74, 6) is -0.0758. The summed E-state index contributed by atoms with van der Waals surface area (Å²) in [5.41, 5.74) is 1.97. The fraction of sp³-hybridized carbons (Fsp3) is 0.529. The SMILES string of the molecule is COC(=O)CCCCC(=O)c1cccc(C(C)(C)C)c1. The Morgan fingerprint density at radius 1 is 1.10 bits per heavy atom. The zero-order valence-electron chi connectivity index (χ0n) is 12.9. The molecule has 110 valence electrons. The molecule has 0 saturated carbocycles. The number of unbranched alkanes of at least 4 members (excludes halogenated alkanes) is 1. The maximum absolute atomic E-state index is 12.1. The van der Waals surface area contributed by atoms with Crippen LogP contribution in [0.2, 0.25) is 0 Å². The number of rotatable bonds is 6. The first-order valence-electron chi connectivity index (χ1n) is 7.05. The van der Waals surface area contributed by atoms with Crippen LogP contribution in [0.15, 0.2) is 24.3 Å². The van der Waals surface area contributed by atoms with Gasteiger partial charge in [-0.15, -0.1) is 0 Å². The Kier molecular flexibility index (Phi) is 5.93. The molecule has 0 atom stereocenters. The van der Waals surface area contributed by atoms with E-state index in [2.05, 4.69) is 25.5 Å². The van der Waals surface area contributed by atoms with Gasteiger partial charge in [0.1, 0.15) is 0 Å². The number of Topliss-reactive ketones (excluding diaryl/α,β-unsaturated/α-hetero) is 1. The van der Waals surface area contributed by atoms with Gasteiger partial charge in [0, 0.05) is 18.4 Å². The minimum Gasteiger partial charge on any atom is -0.469 e. The van der Waals surface area contributed by atoms with E-state index in [1.54, 1.807) is 0 Å². The van der Waals surface area contributed by atoms with Crippen molar-refractivity contribution >= 4 is 11.8 Å². The number of hydrogen-bond donors (Lipinski definition) is 0. The molecule has 0 N–H and O–H groups in total. The van der Waals surface area contributed by atoms with Gasteiger partial charge in [0.25, 0.3) is 0 Å². The van der Waals surface area contributed by atoms with Crippen molar-refractivity contribution in [3.05, 3.63) is 35.4 Å². The third-order valence-electron chi connectivity index (χ3n) is 3.31. The molecule has 0 aromatic heterocycles. The van der Waals surface area contributed by atoms with Crippen LogP contribution in [-0.2, 0) is 14.9 Å². The number of ether oxygens (including phenoxy) is 1. The highest BCUT2D eigenvalue weighted by atomic mass is 16.5. The van der Waals surface area contributed by atoms with Crippen molar-refractivity contribution in [2.24, 2.45) is 0 Å². The van der Waals surface area contributed by atoms with Crippen LogP contribution in [0.4, 0.5) is 0 Å². The van der Waals surface area contributed by atoms with Crippen molar-refractivity contribution in [3.63, 3.8) is 0 Å². The molecule has 0 saturated heterocycles. The van der Waals surface area contributed by atoms with Gasteiger partial charge in [0.05, 0.1) is 7.11 Å². The monoisotopic (exact) mass is 276 g/mol. The van der Waals surface area contributed by atoms with Gasteiger partial charge in [-0.3, -0.25) is 9.59 Å². The molecule has 1 aromatic rings. The van der Waals surface area contributed by atoms with Gasteiger partial charge >= 0.3 is 5.97 Å². The van der Waals surface area contributed by atoms with Crippen molar-refractivity contribution in [3.8, 4) is 0 Å². The zero-order valence-corrected chi connectivity index (χ0v) is 12.9. The number of methoxy groups -OCH3 is 1. The number of carbonyl (C=O) groups excluding carboxylic acids is 2. The van der Waals surface area contributed by atoms with Crippen LogP contribution in [0.5, 0.6) is 0 Å². The molecular formula is C17H24O3. The molecule has 0 bridgehead atoms. The highest BCUT2D eigenvalue weighted by Gasteiger charge is 2.15. The number of carbonyl (C=O) groups is 2. The predicted molar refractivity (Wildman–Crippen MR) is 80.0 cm³/mol. The first-order valence-corrected chi connectivity index (χ1v) is 7.05. The predicted octanol–water partition coefficient (Wildman–Crippen LogP) is 3.90. The molecule has 20 heavy (non-hydrogen) atoms. The van der Waals surface area contributed by atoms with E-state index >= 15 is 0 Å². The molecule has 0 aliphatic carbocycles. The number of esters is 1. The smallest absolute Gasteiger partial charge is 0.305 e. The van der Waals surface area contributed by atoms with Crippen LogP contribution in [0.3, 0.4) is 0 Å². The summed E-state index contributed by atoms with van der Waals surface area (Å²) in [6.07, 6.45) is 2.27. The topological polar surface area (TPSA) is 43.4 Å². The van der Waals surface area contributed by atoms with Crippen LogP contribution in [0.1, 0.15) is 62.4 Å². The van der Waals surface area contributed by atoms with Crippen LogP contribution in [0, 0.1) is 0 Å². The Morgan fingerprint density at radius 3 is 2.35 bits per heavy atom. The second-order valence-corrected chi connectivity index (χ2v) is 6.04. The average Bonchev–Trinajstić information content (AvgIpc) is 2.42. The van der Waals surface area contributed by atoms with Gasteiger partial charge in [-0.1, -0.05) is 39.0 Å². The van der Waals surface area contributed by atoms with Gasteiger partial charge in [-0.25, -0.2) is 0 Å². The lowest BCUT2D eigenvalue weighted by atomic mass is 9.85. The van der Waals surface area contributed by atoms with Crippen LogP contribution < -0.4 is 0 Å². The number of ketones is 1. The zero-order chi connectivity index (χ0) is 15.2. The summed E-state index contributed by atoms with van der Waals surface area (Å²) >= 11 is 0.